The van der Waals surface area contributed by atoms with E-state index in [0.717, 1.165) is 6.07 Å². The van der Waals surface area contributed by atoms with Crippen LogP contribution in [0, 0.1) is 10.1 Å². The molecule has 0 fully saturated rings. The Hall–Kier alpha value is -0.780. The Kier molecular flexibility index (Phi) is 5.86. The molecule has 1 heterocycles. The van der Waals surface area contributed by atoms with E-state index in [1.54, 1.807) is 6.92 Å². The van der Waals surface area contributed by atoms with Crippen LogP contribution in [0.15, 0.2) is 10.3 Å². The van der Waals surface area contributed by atoms with Gasteiger partial charge in [0.15, 0.2) is 10.6 Å². The van der Waals surface area contributed by atoms with Gasteiger partial charge in [0.05, 0.1) is 11.0 Å². The average Bonchev–Trinajstić information content (AvgIpc) is 2.73. The summed E-state index contributed by atoms with van der Waals surface area (Å²) >= 11 is 6.25. The molecule has 1 aromatic rings. The Bertz CT molecular complexity index is 583. The second-order valence-electron chi connectivity index (χ2n) is 3.73. The third-order valence-electron chi connectivity index (χ3n) is 2.32. The van der Waals surface area contributed by atoms with Gasteiger partial charge in [-0.1, -0.05) is 11.6 Å². The molecule has 0 spiro atoms. The summed E-state index contributed by atoms with van der Waals surface area (Å²) in [6.45, 7) is 1.54. The van der Waals surface area contributed by atoms with Crippen LogP contribution >= 0.6 is 22.9 Å². The van der Waals surface area contributed by atoms with Gasteiger partial charge in [-0.3, -0.25) is 10.1 Å². The van der Waals surface area contributed by atoms with Crippen LogP contribution in [0.2, 0.25) is 4.34 Å². The minimum Gasteiger partial charge on any atom is -0.354 e. The third-order valence-corrected chi connectivity index (χ3v) is 5.69. The number of methoxy groups -OCH3 is 2. The van der Waals surface area contributed by atoms with Crippen molar-refractivity contribution in [3.05, 3.63) is 20.5 Å². The van der Waals surface area contributed by atoms with Gasteiger partial charge in [-0.15, -0.1) is 11.3 Å². The maximum Gasteiger partial charge on any atom is 0.300 e. The van der Waals surface area contributed by atoms with E-state index in [1.807, 2.05) is 0 Å². The molecule has 8 nitrogen and oxygen atoms in total. The van der Waals surface area contributed by atoms with Gasteiger partial charge in [0.25, 0.3) is 15.7 Å². The lowest BCUT2D eigenvalue weighted by Gasteiger charge is -2.21. The summed E-state index contributed by atoms with van der Waals surface area (Å²) in [7, 11) is -1.21. The van der Waals surface area contributed by atoms with E-state index in [1.165, 1.54) is 14.2 Å². The van der Waals surface area contributed by atoms with Gasteiger partial charge < -0.3 is 9.47 Å². The van der Waals surface area contributed by atoms with Gasteiger partial charge in [0, 0.05) is 20.3 Å². The van der Waals surface area contributed by atoms with Crippen LogP contribution in [0.25, 0.3) is 0 Å². The molecule has 0 bridgehead atoms. The number of nitro groups is 1. The summed E-state index contributed by atoms with van der Waals surface area (Å²) in [4.78, 5) is 9.92. The van der Waals surface area contributed by atoms with E-state index in [4.69, 9.17) is 21.1 Å². The first kappa shape index (κ1) is 17.3. The van der Waals surface area contributed by atoms with Crippen molar-refractivity contribution in [2.45, 2.75) is 23.5 Å². The average molecular weight is 345 g/mol. The van der Waals surface area contributed by atoms with E-state index < -0.39 is 33.0 Å². The fraction of sp³-hybridized carbons (Fsp3) is 0.556. The monoisotopic (exact) mass is 344 g/mol. The lowest BCUT2D eigenvalue weighted by atomic mass is 10.3. The smallest absolute Gasteiger partial charge is 0.300 e. The van der Waals surface area contributed by atoms with Crippen LogP contribution in [-0.2, 0) is 19.5 Å². The van der Waals surface area contributed by atoms with Gasteiger partial charge in [0.2, 0.25) is 0 Å². The largest absolute Gasteiger partial charge is 0.354 e. The first-order valence-electron chi connectivity index (χ1n) is 5.24. The van der Waals surface area contributed by atoms with Crippen molar-refractivity contribution >= 4 is 38.6 Å². The maximum atomic E-state index is 12.1. The highest BCUT2D eigenvalue weighted by Crippen LogP contribution is 2.36. The number of sulfonamides is 1. The lowest BCUT2D eigenvalue weighted by molar-refractivity contribution is -0.384. The molecule has 20 heavy (non-hydrogen) atoms. The molecule has 1 atom stereocenters. The summed E-state index contributed by atoms with van der Waals surface area (Å²) < 4.78 is 35.9. The Morgan fingerprint density at radius 2 is 2.00 bits per heavy atom. The highest BCUT2D eigenvalue weighted by molar-refractivity contribution is 7.91. The second-order valence-corrected chi connectivity index (χ2v) is 7.33. The molecule has 0 saturated heterocycles. The zero-order valence-corrected chi connectivity index (χ0v) is 13.2. The zero-order chi connectivity index (χ0) is 15.5. The molecule has 0 amide bonds. The predicted molar refractivity (Wildman–Crippen MR) is 73.6 cm³/mol. The molecule has 0 aromatic carbocycles. The Balaban J connectivity index is 3.00. The van der Waals surface area contributed by atoms with Crippen molar-refractivity contribution in [3.63, 3.8) is 0 Å². The number of nitrogens with zero attached hydrogens (tertiary/aromatic N) is 1. The van der Waals surface area contributed by atoms with Gasteiger partial charge >= 0.3 is 0 Å². The summed E-state index contributed by atoms with van der Waals surface area (Å²) in [6.07, 6.45) is -0.782. The van der Waals surface area contributed by atoms with E-state index in [-0.39, 0.29) is 8.55 Å². The highest BCUT2D eigenvalue weighted by Gasteiger charge is 2.28. The van der Waals surface area contributed by atoms with Crippen LogP contribution in [0.1, 0.15) is 6.92 Å². The van der Waals surface area contributed by atoms with Gasteiger partial charge in [0.1, 0.15) is 4.21 Å². The molecular formula is C9H13ClN2O6S2. The van der Waals surface area contributed by atoms with Gasteiger partial charge in [-0.2, -0.15) is 0 Å². The Labute approximate surface area is 124 Å². The molecule has 0 aliphatic carbocycles. The van der Waals surface area contributed by atoms with Crippen LogP contribution in [0.5, 0.6) is 0 Å². The molecule has 1 rings (SSSR count). The van der Waals surface area contributed by atoms with E-state index >= 15 is 0 Å². The maximum absolute atomic E-state index is 12.1. The van der Waals surface area contributed by atoms with Crippen LogP contribution in [-0.4, -0.2) is 39.9 Å². The number of rotatable bonds is 7. The molecule has 1 N–H and O–H groups in total. The molecule has 0 saturated carbocycles. The summed E-state index contributed by atoms with van der Waals surface area (Å²) in [6, 6.07) is 0.228. The first-order chi connectivity index (χ1) is 9.22. The van der Waals surface area contributed by atoms with Crippen molar-refractivity contribution in [1.29, 1.82) is 0 Å². The van der Waals surface area contributed by atoms with E-state index in [0.29, 0.717) is 11.3 Å². The van der Waals surface area contributed by atoms with Crippen LogP contribution < -0.4 is 4.72 Å². The molecular weight excluding hydrogens is 332 g/mol. The molecule has 114 valence electrons. The normalized spacial score (nSPS) is 13.7. The molecule has 0 aliphatic rings. The standard InChI is InChI=1S/C9H13ClN2O6S2/c1-5(9(17-2)18-3)11-20(15,16)7-4-6(12(13)14)8(10)19-7/h4-5,9,11H,1-3H3. The summed E-state index contributed by atoms with van der Waals surface area (Å²) in [5.41, 5.74) is -0.445. The van der Waals surface area contributed by atoms with Crippen LogP contribution in [0.4, 0.5) is 5.69 Å². The fourth-order valence-electron chi connectivity index (χ4n) is 1.46. The summed E-state index contributed by atoms with van der Waals surface area (Å²) in [5.74, 6) is 0. The van der Waals surface area contributed by atoms with Crippen molar-refractivity contribution in [1.82, 2.24) is 4.72 Å². The highest BCUT2D eigenvalue weighted by atomic mass is 35.5. The second kappa shape index (κ2) is 6.78. The fourth-order valence-corrected chi connectivity index (χ4v) is 4.37. The first-order valence-corrected chi connectivity index (χ1v) is 7.92. The Morgan fingerprint density at radius 1 is 1.45 bits per heavy atom. The molecule has 0 aliphatic heterocycles. The molecule has 11 heteroatoms. The number of ether oxygens (including phenoxy) is 2. The number of hydrogen-bond acceptors (Lipinski definition) is 7. The van der Waals surface area contributed by atoms with Crippen LogP contribution in [0.3, 0.4) is 0 Å². The minimum atomic E-state index is -3.94. The number of halogens is 1. The minimum absolute atomic E-state index is 0.196. The summed E-state index contributed by atoms with van der Waals surface area (Å²) in [5, 5.41) is 10.7. The van der Waals surface area contributed by atoms with Crippen molar-refractivity contribution in [2.24, 2.45) is 0 Å². The molecule has 1 unspecified atom stereocenters. The quantitative estimate of drug-likeness (QED) is 0.457. The lowest BCUT2D eigenvalue weighted by Crippen LogP contribution is -2.42. The number of hydrogen-bond donors (Lipinski definition) is 1. The number of thiophene rings is 1. The van der Waals surface area contributed by atoms with E-state index in [9.17, 15) is 18.5 Å². The SMILES string of the molecule is COC(OC)C(C)NS(=O)(=O)c1cc([N+](=O)[O-])c(Cl)s1. The number of nitrogens with one attached hydrogen (secondary N) is 1. The van der Waals surface area contributed by atoms with Crippen molar-refractivity contribution < 1.29 is 22.8 Å². The third kappa shape index (κ3) is 3.87. The van der Waals surface area contributed by atoms with Gasteiger partial charge in [-0.25, -0.2) is 13.1 Å². The van der Waals surface area contributed by atoms with Crippen molar-refractivity contribution in [3.8, 4) is 0 Å². The zero-order valence-electron chi connectivity index (χ0n) is 10.8. The Morgan fingerprint density at radius 3 is 2.40 bits per heavy atom. The topological polar surface area (TPSA) is 108 Å². The molecule has 1 aromatic heterocycles. The molecule has 0 radical (unpaired) electrons. The van der Waals surface area contributed by atoms with E-state index in [2.05, 4.69) is 4.72 Å². The van der Waals surface area contributed by atoms with Gasteiger partial charge in [-0.05, 0) is 6.92 Å². The van der Waals surface area contributed by atoms with Crippen molar-refractivity contribution in [2.75, 3.05) is 14.2 Å². The predicted octanol–water partition coefficient (Wildman–Crippen LogP) is 1.60.